The van der Waals surface area contributed by atoms with Crippen LogP contribution in [0.2, 0.25) is 0 Å². The summed E-state index contributed by atoms with van der Waals surface area (Å²) >= 11 is 0. The number of hydrogen-bond donors (Lipinski definition) is 2. The second-order valence-electron chi connectivity index (χ2n) is 4.50. The van der Waals surface area contributed by atoms with E-state index in [4.69, 9.17) is 14.6 Å². The minimum absolute atomic E-state index is 0.0406. The van der Waals surface area contributed by atoms with E-state index in [0.29, 0.717) is 25.0 Å². The summed E-state index contributed by atoms with van der Waals surface area (Å²) in [5.41, 5.74) is 0.488. The maximum absolute atomic E-state index is 11.5. The average Bonchev–Trinajstić information content (AvgIpc) is 2.40. The van der Waals surface area contributed by atoms with Crippen LogP contribution in [-0.4, -0.2) is 37.3 Å². The lowest BCUT2D eigenvalue weighted by Gasteiger charge is -2.15. The first-order chi connectivity index (χ1) is 10.3. The highest BCUT2D eigenvalue weighted by Gasteiger charge is 2.22. The quantitative estimate of drug-likeness (QED) is 0.666. The molecule has 0 radical (unpaired) electrons. The third-order valence-electron chi connectivity index (χ3n) is 2.82. The van der Waals surface area contributed by atoms with Crippen LogP contribution >= 0.6 is 0 Å². The summed E-state index contributed by atoms with van der Waals surface area (Å²) in [6, 6.07) is 2.80. The zero-order chi connectivity index (χ0) is 16.8. The van der Waals surface area contributed by atoms with Crippen LogP contribution < -0.4 is 9.47 Å². The van der Waals surface area contributed by atoms with Crippen molar-refractivity contribution in [3.8, 4) is 11.5 Å². The number of ether oxygens (including phenoxy) is 2. The standard InChI is InChI=1S/C14H20O7S/c1-3-20-11-8-10(6-5-7-13(15)16)14(21-4-2)12(9-11)22(17,18)19/h8-9H,3-7H2,1-2H3,(H,15,16)(H,17,18,19). The van der Waals surface area contributed by atoms with Crippen molar-refractivity contribution >= 4 is 16.1 Å². The summed E-state index contributed by atoms with van der Waals surface area (Å²) in [7, 11) is -4.48. The molecule has 0 aliphatic heterocycles. The van der Waals surface area contributed by atoms with Gasteiger partial charge in [-0.25, -0.2) is 0 Å². The largest absolute Gasteiger partial charge is 0.494 e. The molecule has 0 aliphatic carbocycles. The Morgan fingerprint density at radius 3 is 2.32 bits per heavy atom. The highest BCUT2D eigenvalue weighted by Crippen LogP contribution is 2.34. The number of aryl methyl sites for hydroxylation is 1. The number of carboxylic acids is 1. The number of aliphatic carboxylic acids is 1. The molecule has 0 saturated carbocycles. The van der Waals surface area contributed by atoms with Crippen LogP contribution in [0.4, 0.5) is 0 Å². The molecule has 0 unspecified atom stereocenters. The van der Waals surface area contributed by atoms with Crippen molar-refractivity contribution in [2.45, 2.75) is 38.0 Å². The Kier molecular flexibility index (Phi) is 6.63. The van der Waals surface area contributed by atoms with Gasteiger partial charge in [0.25, 0.3) is 10.1 Å². The van der Waals surface area contributed by atoms with Gasteiger partial charge in [0.15, 0.2) is 0 Å². The summed E-state index contributed by atoms with van der Waals surface area (Å²) < 4.78 is 43.1. The molecular weight excluding hydrogens is 312 g/mol. The Labute approximate surface area is 129 Å². The van der Waals surface area contributed by atoms with Crippen LogP contribution in [0.25, 0.3) is 0 Å². The molecule has 8 heteroatoms. The van der Waals surface area contributed by atoms with Crippen molar-refractivity contribution in [2.24, 2.45) is 0 Å². The lowest BCUT2D eigenvalue weighted by atomic mass is 10.1. The van der Waals surface area contributed by atoms with Gasteiger partial charge in [0.1, 0.15) is 16.4 Å². The van der Waals surface area contributed by atoms with Crippen molar-refractivity contribution in [1.29, 1.82) is 0 Å². The van der Waals surface area contributed by atoms with E-state index >= 15 is 0 Å². The second-order valence-corrected chi connectivity index (χ2v) is 5.89. The van der Waals surface area contributed by atoms with Crippen molar-refractivity contribution in [3.63, 3.8) is 0 Å². The third kappa shape index (κ3) is 5.19. The molecule has 0 fully saturated rings. The van der Waals surface area contributed by atoms with Gasteiger partial charge in [-0.2, -0.15) is 8.42 Å². The van der Waals surface area contributed by atoms with E-state index in [0.717, 1.165) is 0 Å². The molecule has 124 valence electrons. The molecule has 0 saturated heterocycles. The average molecular weight is 332 g/mol. The molecule has 0 aromatic heterocycles. The fraction of sp³-hybridized carbons (Fsp3) is 0.500. The second kappa shape index (κ2) is 8.00. The molecule has 22 heavy (non-hydrogen) atoms. The predicted octanol–water partition coefficient (Wildman–Crippen LogP) is 2.14. The smallest absolute Gasteiger partial charge is 0.303 e. The van der Waals surface area contributed by atoms with E-state index < -0.39 is 16.1 Å². The van der Waals surface area contributed by atoms with Crippen molar-refractivity contribution in [2.75, 3.05) is 13.2 Å². The van der Waals surface area contributed by atoms with Gasteiger partial charge < -0.3 is 14.6 Å². The SMILES string of the molecule is CCOc1cc(CCCC(=O)O)c(OCC)c(S(=O)(=O)O)c1. The Morgan fingerprint density at radius 1 is 1.18 bits per heavy atom. The van der Waals surface area contributed by atoms with Crippen LogP contribution in [0.3, 0.4) is 0 Å². The number of carboxylic acid groups (broad SMARTS) is 1. The normalized spacial score (nSPS) is 11.2. The van der Waals surface area contributed by atoms with Gasteiger partial charge in [0, 0.05) is 12.5 Å². The first-order valence-electron chi connectivity index (χ1n) is 6.91. The molecule has 1 aromatic rings. The monoisotopic (exact) mass is 332 g/mol. The van der Waals surface area contributed by atoms with E-state index in [9.17, 15) is 17.8 Å². The van der Waals surface area contributed by atoms with Crippen LogP contribution in [0.15, 0.2) is 17.0 Å². The van der Waals surface area contributed by atoms with Gasteiger partial charge in [0.05, 0.1) is 13.2 Å². The van der Waals surface area contributed by atoms with Crippen LogP contribution in [0, 0.1) is 0 Å². The Balaban J connectivity index is 3.29. The lowest BCUT2D eigenvalue weighted by Crippen LogP contribution is -2.08. The van der Waals surface area contributed by atoms with Gasteiger partial charge in [-0.05, 0) is 38.3 Å². The zero-order valence-electron chi connectivity index (χ0n) is 12.5. The highest BCUT2D eigenvalue weighted by atomic mass is 32.2. The maximum Gasteiger partial charge on any atom is 0.303 e. The first kappa shape index (κ1) is 18.2. The van der Waals surface area contributed by atoms with Crippen molar-refractivity contribution < 1.29 is 32.3 Å². The van der Waals surface area contributed by atoms with Crippen LogP contribution in [0.1, 0.15) is 32.3 Å². The molecule has 0 spiro atoms. The van der Waals surface area contributed by atoms with Crippen LogP contribution in [0.5, 0.6) is 11.5 Å². The van der Waals surface area contributed by atoms with Gasteiger partial charge in [-0.3, -0.25) is 9.35 Å². The number of benzene rings is 1. The van der Waals surface area contributed by atoms with Gasteiger partial charge in [-0.15, -0.1) is 0 Å². The first-order valence-corrected chi connectivity index (χ1v) is 8.35. The molecule has 0 heterocycles. The van der Waals surface area contributed by atoms with E-state index in [-0.39, 0.29) is 29.4 Å². The molecule has 0 amide bonds. The third-order valence-corrected chi connectivity index (χ3v) is 3.68. The Bertz CT molecular complexity index is 622. The van der Waals surface area contributed by atoms with E-state index in [1.807, 2.05) is 0 Å². The molecule has 7 nitrogen and oxygen atoms in total. The summed E-state index contributed by atoms with van der Waals surface area (Å²) in [5, 5.41) is 8.70. The maximum atomic E-state index is 11.5. The summed E-state index contributed by atoms with van der Waals surface area (Å²) in [6.45, 7) is 3.97. The molecule has 0 atom stereocenters. The summed E-state index contributed by atoms with van der Waals surface area (Å²) in [4.78, 5) is 10.2. The summed E-state index contributed by atoms with van der Waals surface area (Å²) in [6.07, 6.45) is 0.562. The van der Waals surface area contributed by atoms with Gasteiger partial charge in [0.2, 0.25) is 0 Å². The van der Waals surface area contributed by atoms with E-state index in [2.05, 4.69) is 0 Å². The number of rotatable bonds is 9. The molecule has 0 aliphatic rings. The van der Waals surface area contributed by atoms with Crippen molar-refractivity contribution in [3.05, 3.63) is 17.7 Å². The van der Waals surface area contributed by atoms with Gasteiger partial charge >= 0.3 is 5.97 Å². The van der Waals surface area contributed by atoms with Crippen molar-refractivity contribution in [1.82, 2.24) is 0 Å². The Morgan fingerprint density at radius 2 is 1.82 bits per heavy atom. The number of carbonyl (C=O) groups is 1. The highest BCUT2D eigenvalue weighted by molar-refractivity contribution is 7.86. The van der Waals surface area contributed by atoms with E-state index in [1.54, 1.807) is 19.9 Å². The van der Waals surface area contributed by atoms with Crippen LogP contribution in [-0.2, 0) is 21.3 Å². The molecule has 0 bridgehead atoms. The molecule has 1 aromatic carbocycles. The Hall–Kier alpha value is -1.80. The molecule has 2 N–H and O–H groups in total. The van der Waals surface area contributed by atoms with E-state index in [1.165, 1.54) is 6.07 Å². The number of hydrogen-bond acceptors (Lipinski definition) is 5. The minimum Gasteiger partial charge on any atom is -0.494 e. The fourth-order valence-corrected chi connectivity index (χ4v) is 2.69. The molecule has 1 rings (SSSR count). The zero-order valence-corrected chi connectivity index (χ0v) is 13.4. The van der Waals surface area contributed by atoms with Gasteiger partial charge in [-0.1, -0.05) is 0 Å². The topological polar surface area (TPSA) is 110 Å². The summed E-state index contributed by atoms with van der Waals surface area (Å²) in [5.74, 6) is -0.614. The lowest BCUT2D eigenvalue weighted by molar-refractivity contribution is -0.137. The molecular formula is C14H20O7S. The fourth-order valence-electron chi connectivity index (χ4n) is 2.00. The predicted molar refractivity (Wildman–Crippen MR) is 79.2 cm³/mol. The minimum atomic E-state index is -4.48.